The molecule has 2 rings (SSSR count). The van der Waals surface area contributed by atoms with Gasteiger partial charge in [0.25, 0.3) is 11.4 Å². The minimum absolute atomic E-state index is 0.0675. The van der Waals surface area contributed by atoms with Gasteiger partial charge in [-0.25, -0.2) is 0 Å². The van der Waals surface area contributed by atoms with Crippen LogP contribution in [-0.4, -0.2) is 15.4 Å². The molecule has 0 unspecified atom stereocenters. The van der Waals surface area contributed by atoms with Crippen molar-refractivity contribution >= 4 is 28.7 Å². The molecular formula is C16H16ClN3O5. The molecule has 0 aromatic heterocycles. The van der Waals surface area contributed by atoms with E-state index in [4.69, 9.17) is 16.3 Å². The van der Waals surface area contributed by atoms with E-state index in [1.807, 2.05) is 20.8 Å². The topological polar surface area (TPSA) is 108 Å². The summed E-state index contributed by atoms with van der Waals surface area (Å²) in [6.45, 7) is 5.62. The fraction of sp³-hybridized carbons (Fsp3) is 0.250. The molecule has 2 aromatic rings. The first-order valence-corrected chi connectivity index (χ1v) is 7.63. The van der Waals surface area contributed by atoms with E-state index in [1.165, 1.54) is 36.4 Å². The molecule has 0 aliphatic heterocycles. The number of benzene rings is 2. The Morgan fingerprint density at radius 2 is 1.72 bits per heavy atom. The van der Waals surface area contributed by atoms with Crippen LogP contribution in [0.3, 0.4) is 0 Å². The zero-order valence-electron chi connectivity index (χ0n) is 13.8. The van der Waals surface area contributed by atoms with Crippen LogP contribution in [0.2, 0.25) is 5.02 Å². The van der Waals surface area contributed by atoms with Gasteiger partial charge in [0.05, 0.1) is 14.9 Å². The Labute approximate surface area is 148 Å². The van der Waals surface area contributed by atoms with E-state index in [1.54, 1.807) is 0 Å². The Bertz CT molecular complexity index is 833. The van der Waals surface area contributed by atoms with E-state index < -0.39 is 15.4 Å². The number of hydrogen-bond donors (Lipinski definition) is 1. The minimum atomic E-state index is -0.563. The van der Waals surface area contributed by atoms with Crippen molar-refractivity contribution in [2.75, 3.05) is 5.32 Å². The molecule has 0 saturated carbocycles. The molecule has 0 fully saturated rings. The average molecular weight is 366 g/mol. The maximum atomic E-state index is 11.2. The van der Waals surface area contributed by atoms with Crippen LogP contribution in [0.5, 0.6) is 11.5 Å². The fourth-order valence-electron chi connectivity index (χ4n) is 2.06. The average Bonchev–Trinajstić information content (AvgIpc) is 2.47. The molecular weight excluding hydrogens is 350 g/mol. The van der Waals surface area contributed by atoms with Crippen molar-refractivity contribution < 1.29 is 14.6 Å². The standard InChI is InChI=1S/C16H16ClN3O5/c1-16(2,3)18-13-9-11(5-6-14(13)20(23)24)25-15-7-4-10(19(21)22)8-12(15)17/h4-9,18H,1-3H3. The number of nitro groups is 2. The number of nitrogens with zero attached hydrogens (tertiary/aromatic N) is 2. The Balaban J connectivity index is 2.36. The van der Waals surface area contributed by atoms with Gasteiger partial charge in [-0.2, -0.15) is 0 Å². The number of halogens is 1. The second-order valence-electron chi connectivity index (χ2n) is 6.28. The van der Waals surface area contributed by atoms with Crippen molar-refractivity contribution in [1.29, 1.82) is 0 Å². The molecule has 8 nitrogen and oxygen atoms in total. The maximum absolute atomic E-state index is 11.2. The van der Waals surface area contributed by atoms with Crippen molar-refractivity contribution in [3.63, 3.8) is 0 Å². The summed E-state index contributed by atoms with van der Waals surface area (Å²) in [4.78, 5) is 20.9. The first kappa shape index (κ1) is 18.5. The van der Waals surface area contributed by atoms with Gasteiger partial charge in [0, 0.05) is 29.8 Å². The van der Waals surface area contributed by atoms with Gasteiger partial charge in [-0.1, -0.05) is 11.6 Å². The van der Waals surface area contributed by atoms with Crippen LogP contribution in [0.1, 0.15) is 20.8 Å². The fourth-order valence-corrected chi connectivity index (χ4v) is 2.27. The van der Waals surface area contributed by atoms with Crippen molar-refractivity contribution in [1.82, 2.24) is 0 Å². The highest BCUT2D eigenvalue weighted by molar-refractivity contribution is 6.32. The van der Waals surface area contributed by atoms with E-state index in [2.05, 4.69) is 5.32 Å². The van der Waals surface area contributed by atoms with Crippen LogP contribution in [0, 0.1) is 20.2 Å². The highest BCUT2D eigenvalue weighted by Gasteiger charge is 2.20. The van der Waals surface area contributed by atoms with Crippen molar-refractivity contribution in [3.8, 4) is 11.5 Å². The summed E-state index contributed by atoms with van der Waals surface area (Å²) in [6.07, 6.45) is 0. The summed E-state index contributed by atoms with van der Waals surface area (Å²) < 4.78 is 5.62. The quantitative estimate of drug-likeness (QED) is 0.579. The number of nitrogens with one attached hydrogen (secondary N) is 1. The zero-order valence-corrected chi connectivity index (χ0v) is 14.5. The third-order valence-corrected chi connectivity index (χ3v) is 3.32. The lowest BCUT2D eigenvalue weighted by Gasteiger charge is -2.22. The molecule has 0 spiro atoms. The molecule has 1 N–H and O–H groups in total. The minimum Gasteiger partial charge on any atom is -0.456 e. The van der Waals surface area contributed by atoms with Gasteiger partial charge < -0.3 is 10.1 Å². The molecule has 132 valence electrons. The van der Waals surface area contributed by atoms with Crippen LogP contribution in [0.15, 0.2) is 36.4 Å². The van der Waals surface area contributed by atoms with E-state index in [9.17, 15) is 20.2 Å². The molecule has 0 heterocycles. The third kappa shape index (κ3) is 4.80. The smallest absolute Gasteiger partial charge is 0.292 e. The first-order chi connectivity index (χ1) is 11.6. The Kier molecular flexibility index (Phi) is 5.13. The number of ether oxygens (including phenoxy) is 1. The van der Waals surface area contributed by atoms with Crippen LogP contribution in [0.25, 0.3) is 0 Å². The van der Waals surface area contributed by atoms with Gasteiger partial charge in [0.2, 0.25) is 0 Å². The van der Waals surface area contributed by atoms with Crippen LogP contribution < -0.4 is 10.1 Å². The summed E-state index contributed by atoms with van der Waals surface area (Å²) in [5, 5.41) is 25.0. The second-order valence-corrected chi connectivity index (χ2v) is 6.69. The van der Waals surface area contributed by atoms with Gasteiger partial charge in [0.1, 0.15) is 17.2 Å². The lowest BCUT2D eigenvalue weighted by Crippen LogP contribution is -2.26. The number of nitro benzene ring substituents is 2. The van der Waals surface area contributed by atoms with Gasteiger partial charge in [-0.15, -0.1) is 0 Å². The third-order valence-electron chi connectivity index (χ3n) is 3.03. The molecule has 0 atom stereocenters. The number of hydrogen-bond acceptors (Lipinski definition) is 6. The molecule has 0 aliphatic rings. The Hall–Kier alpha value is -2.87. The second kappa shape index (κ2) is 6.94. The molecule has 2 aromatic carbocycles. The monoisotopic (exact) mass is 365 g/mol. The molecule has 0 aliphatic carbocycles. The highest BCUT2D eigenvalue weighted by atomic mass is 35.5. The predicted molar refractivity (Wildman–Crippen MR) is 94.7 cm³/mol. The maximum Gasteiger partial charge on any atom is 0.292 e. The lowest BCUT2D eigenvalue weighted by atomic mass is 10.1. The van der Waals surface area contributed by atoms with Gasteiger partial charge in [-0.3, -0.25) is 20.2 Å². The molecule has 0 bridgehead atoms. The molecule has 0 radical (unpaired) electrons. The number of anilines is 1. The number of non-ortho nitro benzene ring substituents is 1. The van der Waals surface area contributed by atoms with Gasteiger partial charge >= 0.3 is 0 Å². The van der Waals surface area contributed by atoms with E-state index >= 15 is 0 Å². The van der Waals surface area contributed by atoms with Crippen LogP contribution in [-0.2, 0) is 0 Å². The highest BCUT2D eigenvalue weighted by Crippen LogP contribution is 2.36. The summed E-state index contributed by atoms with van der Waals surface area (Å²) >= 11 is 6.00. The summed E-state index contributed by atoms with van der Waals surface area (Å²) in [6, 6.07) is 8.06. The molecule has 0 saturated heterocycles. The summed E-state index contributed by atoms with van der Waals surface area (Å²) in [5.41, 5.74) is -0.338. The molecule has 25 heavy (non-hydrogen) atoms. The van der Waals surface area contributed by atoms with Gasteiger partial charge in [-0.05, 0) is 32.9 Å². The van der Waals surface area contributed by atoms with E-state index in [-0.39, 0.29) is 22.1 Å². The first-order valence-electron chi connectivity index (χ1n) is 7.25. The van der Waals surface area contributed by atoms with Crippen molar-refractivity contribution in [2.45, 2.75) is 26.3 Å². The van der Waals surface area contributed by atoms with Crippen molar-refractivity contribution in [3.05, 3.63) is 61.6 Å². The summed E-state index contributed by atoms with van der Waals surface area (Å²) in [7, 11) is 0. The molecule has 0 amide bonds. The normalized spacial score (nSPS) is 11.0. The molecule has 9 heteroatoms. The number of rotatable bonds is 5. The largest absolute Gasteiger partial charge is 0.456 e. The summed E-state index contributed by atoms with van der Waals surface area (Å²) in [5.74, 6) is 0.524. The predicted octanol–water partition coefficient (Wildman–Crippen LogP) is 5.16. The van der Waals surface area contributed by atoms with Crippen LogP contribution in [0.4, 0.5) is 17.1 Å². The Morgan fingerprint density at radius 3 is 2.24 bits per heavy atom. The Morgan fingerprint density at radius 1 is 1.04 bits per heavy atom. The zero-order chi connectivity index (χ0) is 18.8. The lowest BCUT2D eigenvalue weighted by molar-refractivity contribution is -0.384. The SMILES string of the molecule is CC(C)(C)Nc1cc(Oc2ccc([N+](=O)[O-])cc2Cl)ccc1[N+](=O)[O-]. The van der Waals surface area contributed by atoms with Crippen molar-refractivity contribution in [2.24, 2.45) is 0 Å². The van der Waals surface area contributed by atoms with Gasteiger partial charge in [0.15, 0.2) is 0 Å². The van der Waals surface area contributed by atoms with E-state index in [0.717, 1.165) is 0 Å². The van der Waals surface area contributed by atoms with E-state index in [0.29, 0.717) is 11.4 Å². The van der Waals surface area contributed by atoms with Crippen LogP contribution >= 0.6 is 11.6 Å².